The fourth-order valence-corrected chi connectivity index (χ4v) is 5.91. The molecule has 1 fully saturated rings. The van der Waals surface area contributed by atoms with Crippen molar-refractivity contribution >= 4 is 38.2 Å². The van der Waals surface area contributed by atoms with Gasteiger partial charge in [-0.3, -0.25) is 9.11 Å². The third-order valence-electron chi connectivity index (χ3n) is 6.98. The first-order valence-electron chi connectivity index (χ1n) is 14.1. The van der Waals surface area contributed by atoms with Crippen molar-refractivity contribution in [3.8, 4) is 28.3 Å². The van der Waals surface area contributed by atoms with Crippen LogP contribution in [0.15, 0.2) is 48.7 Å². The maximum Gasteiger partial charge on any atom is 0.232 e. The number of hydrogen-bond donors (Lipinski definition) is 2. The zero-order valence-corrected chi connectivity index (χ0v) is 24.9. The van der Waals surface area contributed by atoms with Crippen LogP contribution >= 0.6 is 0 Å². The van der Waals surface area contributed by atoms with Crippen molar-refractivity contribution in [2.45, 2.75) is 19.8 Å². The van der Waals surface area contributed by atoms with Crippen LogP contribution in [0.3, 0.4) is 0 Å². The molecule has 2 aromatic carbocycles. The summed E-state index contributed by atoms with van der Waals surface area (Å²) in [6.07, 6.45) is 2.52. The fourth-order valence-electron chi connectivity index (χ4n) is 4.82. The lowest BCUT2D eigenvalue weighted by Gasteiger charge is -2.29. The molecule has 0 bridgehead atoms. The van der Waals surface area contributed by atoms with E-state index in [0.29, 0.717) is 60.2 Å². The van der Waals surface area contributed by atoms with Gasteiger partial charge in [0.25, 0.3) is 0 Å². The van der Waals surface area contributed by atoms with Crippen LogP contribution in [0.1, 0.15) is 19.8 Å². The number of nitrogens with zero attached hydrogens (tertiary/aromatic N) is 4. The molecule has 0 aliphatic carbocycles. The van der Waals surface area contributed by atoms with Gasteiger partial charge in [0.05, 0.1) is 38.4 Å². The Morgan fingerprint density at radius 2 is 1.91 bits per heavy atom. The van der Waals surface area contributed by atoms with Crippen LogP contribution in [0, 0.1) is 5.82 Å². The van der Waals surface area contributed by atoms with E-state index >= 15 is 4.39 Å². The van der Waals surface area contributed by atoms with Crippen LogP contribution in [-0.4, -0.2) is 75.8 Å². The summed E-state index contributed by atoms with van der Waals surface area (Å²) in [5.41, 5.74) is 1.64. The number of sulfonamides is 1. The fraction of sp³-hybridized carbons (Fsp3) is 0.367. The first-order valence-corrected chi connectivity index (χ1v) is 15.8. The van der Waals surface area contributed by atoms with E-state index in [1.165, 1.54) is 13.2 Å². The van der Waals surface area contributed by atoms with E-state index in [-0.39, 0.29) is 17.7 Å². The van der Waals surface area contributed by atoms with E-state index in [9.17, 15) is 12.8 Å². The molecule has 0 atom stereocenters. The van der Waals surface area contributed by atoms with E-state index in [1.54, 1.807) is 30.5 Å². The molecule has 2 aromatic heterocycles. The summed E-state index contributed by atoms with van der Waals surface area (Å²) in [4.78, 5) is 16.4. The molecule has 43 heavy (non-hydrogen) atoms. The van der Waals surface area contributed by atoms with E-state index in [1.807, 2.05) is 12.1 Å². The second-order valence-electron chi connectivity index (χ2n) is 10.0. The van der Waals surface area contributed by atoms with Gasteiger partial charge in [0.1, 0.15) is 22.9 Å². The number of rotatable bonds is 12. The summed E-state index contributed by atoms with van der Waals surface area (Å²) in [6, 6.07) is 11.7. The standard InChI is InChI=1S/C30H34F2N6O4S/c1-3-11-33-26-9-8-20(19-34-26)29-35-28-23(30(36-29)38-12-14-42-15-13-38)17-21(18-25(28)41-2)22-6-4-7-24(27(22)32)37-43(39,40)16-5-10-31/h4,6-9,17-19,37H,3,5,10-16H2,1-2H3,(H,33,34). The second kappa shape index (κ2) is 13.5. The Bertz CT molecular complexity index is 1680. The number of halogens is 2. The Balaban J connectivity index is 1.62. The van der Waals surface area contributed by atoms with Crippen molar-refractivity contribution in [2.75, 3.05) is 67.3 Å². The third-order valence-corrected chi connectivity index (χ3v) is 8.33. The lowest BCUT2D eigenvalue weighted by Crippen LogP contribution is -2.37. The number of alkyl halides is 1. The Kier molecular flexibility index (Phi) is 9.51. The van der Waals surface area contributed by atoms with Crippen LogP contribution in [0.25, 0.3) is 33.4 Å². The molecule has 5 rings (SSSR count). The van der Waals surface area contributed by atoms with Gasteiger partial charge >= 0.3 is 0 Å². The summed E-state index contributed by atoms with van der Waals surface area (Å²) in [6.45, 7) is 4.36. The second-order valence-corrected chi connectivity index (χ2v) is 11.9. The normalized spacial score (nSPS) is 13.7. The molecule has 0 amide bonds. The third kappa shape index (κ3) is 6.94. The Morgan fingerprint density at radius 3 is 2.60 bits per heavy atom. The highest BCUT2D eigenvalue weighted by Crippen LogP contribution is 2.39. The van der Waals surface area contributed by atoms with Crippen molar-refractivity contribution < 1.29 is 26.7 Å². The predicted molar refractivity (Wildman–Crippen MR) is 165 cm³/mol. The molecule has 2 N–H and O–H groups in total. The van der Waals surface area contributed by atoms with Crippen LogP contribution in [0.4, 0.5) is 26.1 Å². The largest absolute Gasteiger partial charge is 0.494 e. The number of benzene rings is 2. The number of anilines is 3. The Morgan fingerprint density at radius 1 is 1.09 bits per heavy atom. The maximum absolute atomic E-state index is 15.8. The summed E-state index contributed by atoms with van der Waals surface area (Å²) in [5.74, 6) is 1.04. The number of ether oxygens (including phenoxy) is 2. The molecular weight excluding hydrogens is 578 g/mol. The van der Waals surface area contributed by atoms with Crippen LogP contribution in [0.2, 0.25) is 0 Å². The number of methoxy groups -OCH3 is 1. The van der Waals surface area contributed by atoms with Crippen molar-refractivity contribution in [3.05, 3.63) is 54.5 Å². The SMILES string of the molecule is CCCNc1ccc(-c2nc(N3CCOCC3)c3cc(-c4cccc(NS(=O)(=O)CCCF)c4F)cc(OC)c3n2)cn1. The van der Waals surface area contributed by atoms with Crippen molar-refractivity contribution in [2.24, 2.45) is 0 Å². The van der Waals surface area contributed by atoms with Gasteiger partial charge in [-0.2, -0.15) is 0 Å². The first kappa shape index (κ1) is 30.4. The predicted octanol–water partition coefficient (Wildman–Crippen LogP) is 5.27. The van der Waals surface area contributed by atoms with Gasteiger partial charge in [0.2, 0.25) is 10.0 Å². The van der Waals surface area contributed by atoms with Gasteiger partial charge in [-0.15, -0.1) is 0 Å². The zero-order chi connectivity index (χ0) is 30.4. The van der Waals surface area contributed by atoms with E-state index in [2.05, 4.69) is 26.8 Å². The van der Waals surface area contributed by atoms with Crippen molar-refractivity contribution in [3.63, 3.8) is 0 Å². The molecule has 13 heteroatoms. The molecule has 1 saturated heterocycles. The number of fused-ring (bicyclic) bond motifs is 1. The lowest BCUT2D eigenvalue weighted by atomic mass is 10.0. The van der Waals surface area contributed by atoms with E-state index in [4.69, 9.17) is 19.4 Å². The number of nitrogens with one attached hydrogen (secondary N) is 2. The van der Waals surface area contributed by atoms with Crippen LogP contribution in [0.5, 0.6) is 5.75 Å². The smallest absolute Gasteiger partial charge is 0.232 e. The average Bonchev–Trinajstić information content (AvgIpc) is 3.03. The molecule has 1 aliphatic rings. The number of pyridine rings is 1. The minimum Gasteiger partial charge on any atom is -0.494 e. The summed E-state index contributed by atoms with van der Waals surface area (Å²) < 4.78 is 66.6. The van der Waals surface area contributed by atoms with Gasteiger partial charge < -0.3 is 19.7 Å². The molecule has 228 valence electrons. The average molecular weight is 613 g/mol. The van der Waals surface area contributed by atoms with Crippen LogP contribution < -0.4 is 19.7 Å². The van der Waals surface area contributed by atoms with Gasteiger partial charge in [-0.1, -0.05) is 19.1 Å². The summed E-state index contributed by atoms with van der Waals surface area (Å²) in [7, 11) is -2.42. The minimum atomic E-state index is -3.93. The van der Waals surface area contributed by atoms with Crippen molar-refractivity contribution in [1.29, 1.82) is 0 Å². The van der Waals surface area contributed by atoms with E-state index in [0.717, 1.165) is 24.3 Å². The zero-order valence-electron chi connectivity index (χ0n) is 24.1. The summed E-state index contributed by atoms with van der Waals surface area (Å²) >= 11 is 0. The van der Waals surface area contributed by atoms with Gasteiger partial charge in [0.15, 0.2) is 11.6 Å². The first-order chi connectivity index (χ1) is 20.8. The quantitative estimate of drug-likeness (QED) is 0.221. The Labute approximate surface area is 249 Å². The minimum absolute atomic E-state index is 0.155. The molecule has 0 radical (unpaired) electrons. The highest BCUT2D eigenvalue weighted by atomic mass is 32.2. The molecule has 4 aromatic rings. The molecule has 10 nitrogen and oxygen atoms in total. The molecular formula is C30H34F2N6O4S. The molecule has 1 aliphatic heterocycles. The summed E-state index contributed by atoms with van der Waals surface area (Å²) in [5, 5.41) is 3.90. The highest BCUT2D eigenvalue weighted by Gasteiger charge is 2.23. The van der Waals surface area contributed by atoms with Gasteiger partial charge in [-0.05, 0) is 48.7 Å². The molecule has 0 spiro atoms. The van der Waals surface area contributed by atoms with Crippen LogP contribution in [-0.2, 0) is 14.8 Å². The van der Waals surface area contributed by atoms with Crippen molar-refractivity contribution in [1.82, 2.24) is 15.0 Å². The van der Waals surface area contributed by atoms with Gasteiger partial charge in [0, 0.05) is 42.3 Å². The Hall–Kier alpha value is -4.10. The monoisotopic (exact) mass is 612 g/mol. The number of hydrogen-bond acceptors (Lipinski definition) is 9. The van der Waals surface area contributed by atoms with E-state index < -0.39 is 28.3 Å². The number of morpholine rings is 1. The highest BCUT2D eigenvalue weighted by molar-refractivity contribution is 7.92. The topological polar surface area (TPSA) is 119 Å². The number of aromatic nitrogens is 3. The van der Waals surface area contributed by atoms with Gasteiger partial charge in [-0.25, -0.2) is 27.8 Å². The maximum atomic E-state index is 15.8. The lowest BCUT2D eigenvalue weighted by molar-refractivity contribution is 0.122. The molecule has 0 unspecified atom stereocenters. The molecule has 0 saturated carbocycles. The molecule has 3 heterocycles.